The molecule has 1 amide bonds. The molecular formula is C15H21N7O3. The van der Waals surface area contributed by atoms with E-state index in [1.807, 2.05) is 4.90 Å². The molecule has 1 fully saturated rings. The van der Waals surface area contributed by atoms with Crippen molar-refractivity contribution in [2.75, 3.05) is 32.2 Å². The molecule has 2 aromatic heterocycles. The lowest BCUT2D eigenvalue weighted by molar-refractivity contribution is 0.0933. The second kappa shape index (κ2) is 7.32. The van der Waals surface area contributed by atoms with Gasteiger partial charge in [0.15, 0.2) is 0 Å². The quantitative estimate of drug-likeness (QED) is 0.807. The van der Waals surface area contributed by atoms with Crippen LogP contribution in [0.15, 0.2) is 12.4 Å². The maximum Gasteiger partial charge on any atom is 0.324 e. The molecule has 0 saturated carbocycles. The first-order valence-electron chi connectivity index (χ1n) is 7.97. The zero-order chi connectivity index (χ0) is 17.8. The summed E-state index contributed by atoms with van der Waals surface area (Å²) in [5, 5.41) is 7.06. The van der Waals surface area contributed by atoms with Crippen LogP contribution in [0.2, 0.25) is 0 Å². The Morgan fingerprint density at radius 1 is 1.24 bits per heavy atom. The maximum absolute atomic E-state index is 12.3. The fourth-order valence-electron chi connectivity index (χ4n) is 2.74. The van der Waals surface area contributed by atoms with Crippen LogP contribution in [-0.4, -0.2) is 64.0 Å². The van der Waals surface area contributed by atoms with Crippen LogP contribution in [0.3, 0.4) is 0 Å². The molecule has 1 atom stereocenters. The molecule has 0 aliphatic carbocycles. The molecule has 0 radical (unpaired) electrons. The average molecular weight is 347 g/mol. The van der Waals surface area contributed by atoms with Gasteiger partial charge in [-0.25, -0.2) is 0 Å². The van der Waals surface area contributed by atoms with E-state index in [1.165, 1.54) is 14.2 Å². The van der Waals surface area contributed by atoms with Gasteiger partial charge < -0.3 is 19.7 Å². The lowest BCUT2D eigenvalue weighted by atomic mass is 10.1. The van der Waals surface area contributed by atoms with Crippen molar-refractivity contribution in [2.24, 2.45) is 7.05 Å². The predicted molar refractivity (Wildman–Crippen MR) is 88.8 cm³/mol. The number of amides is 1. The largest absolute Gasteiger partial charge is 0.467 e. The first kappa shape index (κ1) is 16.9. The van der Waals surface area contributed by atoms with Crippen molar-refractivity contribution in [1.82, 2.24) is 30.0 Å². The SMILES string of the molecule is COc1nc(OC)nc(N2CCCC(NC(=O)c3cnn(C)c3)C2)n1. The summed E-state index contributed by atoms with van der Waals surface area (Å²) in [6.07, 6.45) is 5.05. The molecule has 3 heterocycles. The predicted octanol–water partition coefficient (Wildman–Crippen LogP) is 0.0211. The molecule has 3 rings (SSSR count). The van der Waals surface area contributed by atoms with Crippen molar-refractivity contribution < 1.29 is 14.3 Å². The molecule has 134 valence electrons. The molecule has 1 aliphatic heterocycles. The Balaban J connectivity index is 1.69. The van der Waals surface area contributed by atoms with Crippen molar-refractivity contribution in [2.45, 2.75) is 18.9 Å². The zero-order valence-electron chi connectivity index (χ0n) is 14.5. The van der Waals surface area contributed by atoms with Gasteiger partial charge in [-0.2, -0.15) is 15.1 Å². The van der Waals surface area contributed by atoms with E-state index >= 15 is 0 Å². The first-order chi connectivity index (χ1) is 12.1. The number of methoxy groups -OCH3 is 2. The third-order valence-corrected chi connectivity index (χ3v) is 3.95. The van der Waals surface area contributed by atoms with Crippen LogP contribution in [-0.2, 0) is 7.05 Å². The van der Waals surface area contributed by atoms with Crippen LogP contribution in [0.4, 0.5) is 5.95 Å². The first-order valence-corrected chi connectivity index (χ1v) is 7.97. The molecule has 0 bridgehead atoms. The lowest BCUT2D eigenvalue weighted by Gasteiger charge is -2.33. The van der Waals surface area contributed by atoms with Gasteiger partial charge in [0.25, 0.3) is 5.91 Å². The van der Waals surface area contributed by atoms with Gasteiger partial charge in [-0.15, -0.1) is 4.98 Å². The van der Waals surface area contributed by atoms with Crippen LogP contribution in [0, 0.1) is 0 Å². The van der Waals surface area contributed by atoms with Crippen molar-refractivity contribution >= 4 is 11.9 Å². The molecule has 1 saturated heterocycles. The van der Waals surface area contributed by atoms with Crippen LogP contribution in [0.25, 0.3) is 0 Å². The van der Waals surface area contributed by atoms with Crippen molar-refractivity contribution in [3.63, 3.8) is 0 Å². The highest BCUT2D eigenvalue weighted by molar-refractivity contribution is 5.93. The van der Waals surface area contributed by atoms with E-state index in [0.717, 1.165) is 19.4 Å². The summed E-state index contributed by atoms with van der Waals surface area (Å²) in [5.41, 5.74) is 0.545. The average Bonchev–Trinajstić information content (AvgIpc) is 3.08. The Bertz CT molecular complexity index is 726. The van der Waals surface area contributed by atoms with Crippen molar-refractivity contribution in [3.8, 4) is 12.0 Å². The zero-order valence-corrected chi connectivity index (χ0v) is 14.5. The van der Waals surface area contributed by atoms with Crippen molar-refractivity contribution in [1.29, 1.82) is 0 Å². The normalized spacial score (nSPS) is 17.2. The summed E-state index contributed by atoms with van der Waals surface area (Å²) >= 11 is 0. The Hall–Kier alpha value is -2.91. The van der Waals surface area contributed by atoms with Gasteiger partial charge in [0.1, 0.15) is 0 Å². The number of carbonyl (C=O) groups excluding carboxylic acids is 1. The maximum atomic E-state index is 12.3. The fraction of sp³-hybridized carbons (Fsp3) is 0.533. The van der Waals surface area contributed by atoms with Gasteiger partial charge in [0.2, 0.25) is 5.95 Å². The van der Waals surface area contributed by atoms with Gasteiger partial charge in [0, 0.05) is 32.4 Å². The number of hydrogen-bond donors (Lipinski definition) is 1. The summed E-state index contributed by atoms with van der Waals surface area (Å²) in [4.78, 5) is 26.8. The van der Waals surface area contributed by atoms with Gasteiger partial charge >= 0.3 is 12.0 Å². The van der Waals surface area contributed by atoms with E-state index in [2.05, 4.69) is 25.4 Å². The van der Waals surface area contributed by atoms with E-state index in [4.69, 9.17) is 9.47 Å². The molecule has 25 heavy (non-hydrogen) atoms. The topological polar surface area (TPSA) is 107 Å². The van der Waals surface area contributed by atoms with Crippen molar-refractivity contribution in [3.05, 3.63) is 18.0 Å². The monoisotopic (exact) mass is 347 g/mol. The lowest BCUT2D eigenvalue weighted by Crippen LogP contribution is -2.48. The molecule has 0 aromatic carbocycles. The third kappa shape index (κ3) is 3.95. The molecule has 1 unspecified atom stereocenters. The van der Waals surface area contributed by atoms with Gasteiger partial charge in [-0.05, 0) is 12.8 Å². The second-order valence-electron chi connectivity index (χ2n) is 5.77. The number of anilines is 1. The molecule has 0 spiro atoms. The van der Waals surface area contributed by atoms with E-state index in [-0.39, 0.29) is 24.0 Å². The van der Waals surface area contributed by atoms with E-state index < -0.39 is 0 Å². The van der Waals surface area contributed by atoms with E-state index in [9.17, 15) is 4.79 Å². The Morgan fingerprint density at radius 3 is 2.56 bits per heavy atom. The Labute approximate surface area is 145 Å². The highest BCUT2D eigenvalue weighted by Crippen LogP contribution is 2.20. The summed E-state index contributed by atoms with van der Waals surface area (Å²) in [7, 11) is 4.76. The number of ether oxygens (including phenoxy) is 2. The number of hydrogen-bond acceptors (Lipinski definition) is 8. The highest BCUT2D eigenvalue weighted by Gasteiger charge is 2.25. The minimum Gasteiger partial charge on any atom is -0.467 e. The third-order valence-electron chi connectivity index (χ3n) is 3.95. The molecule has 10 nitrogen and oxygen atoms in total. The molecule has 1 N–H and O–H groups in total. The molecule has 1 aliphatic rings. The number of aromatic nitrogens is 5. The van der Waals surface area contributed by atoms with Gasteiger partial charge in [-0.1, -0.05) is 0 Å². The van der Waals surface area contributed by atoms with Crippen LogP contribution < -0.4 is 19.7 Å². The molecule has 2 aromatic rings. The fourth-order valence-corrected chi connectivity index (χ4v) is 2.74. The van der Waals surface area contributed by atoms with E-state index in [1.54, 1.807) is 24.1 Å². The van der Waals surface area contributed by atoms with E-state index in [0.29, 0.717) is 18.1 Å². The summed E-state index contributed by atoms with van der Waals surface area (Å²) < 4.78 is 11.8. The number of carbonyl (C=O) groups is 1. The molecule has 10 heteroatoms. The van der Waals surface area contributed by atoms with Gasteiger partial charge in [-0.3, -0.25) is 9.48 Å². The summed E-state index contributed by atoms with van der Waals surface area (Å²) in [6, 6.07) is 0.391. The number of nitrogens with zero attached hydrogens (tertiary/aromatic N) is 6. The minimum atomic E-state index is -0.134. The Kier molecular flexibility index (Phi) is 4.96. The number of piperidine rings is 1. The number of aryl methyl sites for hydroxylation is 1. The second-order valence-corrected chi connectivity index (χ2v) is 5.77. The van der Waals surface area contributed by atoms with Crippen LogP contribution in [0.5, 0.6) is 12.0 Å². The van der Waals surface area contributed by atoms with Gasteiger partial charge in [0.05, 0.1) is 26.0 Å². The standard InChI is InChI=1S/C15H21N7O3/c1-21-8-10(7-16-21)12(23)17-11-5-4-6-22(9-11)13-18-14(24-2)20-15(19-13)25-3/h7-8,11H,4-6,9H2,1-3H3,(H,17,23). The Morgan fingerprint density at radius 2 is 1.96 bits per heavy atom. The highest BCUT2D eigenvalue weighted by atomic mass is 16.5. The smallest absolute Gasteiger partial charge is 0.324 e. The molecular weight excluding hydrogens is 326 g/mol. The number of nitrogens with one attached hydrogen (secondary N) is 1. The number of rotatable bonds is 5. The van der Waals surface area contributed by atoms with Crippen LogP contribution >= 0.6 is 0 Å². The van der Waals surface area contributed by atoms with Crippen LogP contribution in [0.1, 0.15) is 23.2 Å². The summed E-state index contributed by atoms with van der Waals surface area (Å²) in [5.74, 6) is 0.342. The minimum absolute atomic E-state index is 0.00443. The summed E-state index contributed by atoms with van der Waals surface area (Å²) in [6.45, 7) is 1.39.